The van der Waals surface area contributed by atoms with Gasteiger partial charge < -0.3 is 14.8 Å². The summed E-state index contributed by atoms with van der Waals surface area (Å²) in [5.74, 6) is 1.21. The minimum absolute atomic E-state index is 0.165. The average molecular weight is 320 g/mol. The summed E-state index contributed by atoms with van der Waals surface area (Å²) >= 11 is 5.83. The number of amides is 1. The summed E-state index contributed by atoms with van der Waals surface area (Å²) < 4.78 is 10.5. The first kappa shape index (κ1) is 16.2. The Labute approximate surface area is 135 Å². The largest absolute Gasteiger partial charge is 0.497 e. The van der Waals surface area contributed by atoms with Crippen LogP contribution in [0.1, 0.15) is 28.9 Å². The molecular weight excluding hydrogens is 302 g/mol. The van der Waals surface area contributed by atoms with E-state index in [9.17, 15) is 4.79 Å². The fraction of sp³-hybridized carbons (Fsp3) is 0.235. The van der Waals surface area contributed by atoms with Gasteiger partial charge in [-0.15, -0.1) is 0 Å². The number of benzene rings is 2. The molecule has 0 saturated carbocycles. The van der Waals surface area contributed by atoms with E-state index < -0.39 is 0 Å². The maximum absolute atomic E-state index is 12.2. The number of methoxy groups -OCH3 is 2. The lowest BCUT2D eigenvalue weighted by Crippen LogP contribution is -2.26. The van der Waals surface area contributed by atoms with Gasteiger partial charge >= 0.3 is 0 Å². The van der Waals surface area contributed by atoms with Gasteiger partial charge in [-0.25, -0.2) is 0 Å². The third-order valence-electron chi connectivity index (χ3n) is 3.36. The summed E-state index contributed by atoms with van der Waals surface area (Å²) in [5.41, 5.74) is 1.44. The highest BCUT2D eigenvalue weighted by Crippen LogP contribution is 2.29. The van der Waals surface area contributed by atoms with Crippen LogP contribution in [0.15, 0.2) is 42.5 Å². The second-order valence-corrected chi connectivity index (χ2v) is 5.25. The maximum Gasteiger partial charge on any atom is 0.251 e. The zero-order valence-electron chi connectivity index (χ0n) is 12.7. The van der Waals surface area contributed by atoms with Gasteiger partial charge in [-0.1, -0.05) is 11.6 Å². The van der Waals surface area contributed by atoms with Crippen molar-refractivity contribution < 1.29 is 14.3 Å². The number of hydrogen-bond acceptors (Lipinski definition) is 3. The van der Waals surface area contributed by atoms with Crippen molar-refractivity contribution in [2.75, 3.05) is 14.2 Å². The van der Waals surface area contributed by atoms with E-state index in [-0.39, 0.29) is 11.9 Å². The lowest BCUT2D eigenvalue weighted by Gasteiger charge is -2.18. The molecule has 22 heavy (non-hydrogen) atoms. The van der Waals surface area contributed by atoms with Gasteiger partial charge in [0.2, 0.25) is 0 Å². The van der Waals surface area contributed by atoms with E-state index >= 15 is 0 Å². The third kappa shape index (κ3) is 3.71. The molecule has 0 fully saturated rings. The Morgan fingerprint density at radius 1 is 1.09 bits per heavy atom. The molecule has 1 atom stereocenters. The Bertz CT molecular complexity index is 655. The van der Waals surface area contributed by atoms with E-state index in [1.165, 1.54) is 0 Å². The van der Waals surface area contributed by atoms with Crippen LogP contribution in [0.25, 0.3) is 0 Å². The Morgan fingerprint density at radius 2 is 1.77 bits per heavy atom. The molecule has 0 bridgehead atoms. The van der Waals surface area contributed by atoms with Crippen LogP contribution in [0, 0.1) is 0 Å². The Morgan fingerprint density at radius 3 is 2.36 bits per heavy atom. The minimum atomic E-state index is -0.205. The average Bonchev–Trinajstić information content (AvgIpc) is 2.54. The SMILES string of the molecule is COc1ccc(C(C)NC(=O)c2ccc(Cl)cc2)c(OC)c1. The third-order valence-corrected chi connectivity index (χ3v) is 3.61. The van der Waals surface area contributed by atoms with Gasteiger partial charge in [0.1, 0.15) is 11.5 Å². The lowest BCUT2D eigenvalue weighted by molar-refractivity contribution is 0.0939. The fourth-order valence-electron chi connectivity index (χ4n) is 2.14. The first-order valence-corrected chi connectivity index (χ1v) is 7.21. The van der Waals surface area contributed by atoms with Crippen LogP contribution in [-0.2, 0) is 0 Å². The number of rotatable bonds is 5. The van der Waals surface area contributed by atoms with Gasteiger partial charge in [0, 0.05) is 22.2 Å². The van der Waals surface area contributed by atoms with Gasteiger partial charge in [-0.3, -0.25) is 4.79 Å². The Balaban J connectivity index is 2.16. The van der Waals surface area contributed by atoms with Crippen LogP contribution in [0.5, 0.6) is 11.5 Å². The highest BCUT2D eigenvalue weighted by Gasteiger charge is 2.15. The van der Waals surface area contributed by atoms with Crippen LogP contribution >= 0.6 is 11.6 Å². The van der Waals surface area contributed by atoms with E-state index in [0.717, 1.165) is 5.56 Å². The van der Waals surface area contributed by atoms with Crippen LogP contribution < -0.4 is 14.8 Å². The van der Waals surface area contributed by atoms with Crippen molar-refractivity contribution in [2.24, 2.45) is 0 Å². The second-order valence-electron chi connectivity index (χ2n) is 4.81. The van der Waals surface area contributed by atoms with Crippen molar-refractivity contribution in [2.45, 2.75) is 13.0 Å². The highest BCUT2D eigenvalue weighted by molar-refractivity contribution is 6.30. The van der Waals surface area contributed by atoms with Gasteiger partial charge in [-0.05, 0) is 43.3 Å². The fourth-order valence-corrected chi connectivity index (χ4v) is 2.26. The molecule has 1 unspecified atom stereocenters. The lowest BCUT2D eigenvalue weighted by atomic mass is 10.1. The molecule has 2 rings (SSSR count). The van der Waals surface area contributed by atoms with Crippen LogP contribution in [0.3, 0.4) is 0 Å². The predicted octanol–water partition coefficient (Wildman–Crippen LogP) is 3.85. The first-order valence-electron chi connectivity index (χ1n) is 6.83. The minimum Gasteiger partial charge on any atom is -0.497 e. The topological polar surface area (TPSA) is 47.6 Å². The van der Waals surface area contributed by atoms with Crippen molar-refractivity contribution in [1.29, 1.82) is 0 Å². The van der Waals surface area contributed by atoms with E-state index in [1.807, 2.05) is 19.1 Å². The molecule has 0 spiro atoms. The molecular formula is C17H18ClNO3. The molecule has 1 N–H and O–H groups in total. The monoisotopic (exact) mass is 319 g/mol. The molecule has 0 saturated heterocycles. The summed E-state index contributed by atoms with van der Waals surface area (Å²) in [6.07, 6.45) is 0. The molecule has 0 radical (unpaired) electrons. The second kappa shape index (κ2) is 7.18. The molecule has 5 heteroatoms. The normalized spacial score (nSPS) is 11.6. The standard InChI is InChI=1S/C17H18ClNO3/c1-11(15-9-8-14(21-2)10-16(15)22-3)19-17(20)12-4-6-13(18)7-5-12/h4-11H,1-3H3,(H,19,20). The van der Waals surface area contributed by atoms with E-state index in [2.05, 4.69) is 5.32 Å². The van der Waals surface area contributed by atoms with Crippen molar-refractivity contribution in [3.05, 3.63) is 58.6 Å². The molecule has 2 aromatic carbocycles. The van der Waals surface area contributed by atoms with E-state index in [4.69, 9.17) is 21.1 Å². The molecule has 0 heterocycles. The van der Waals surface area contributed by atoms with E-state index in [0.29, 0.717) is 22.1 Å². The van der Waals surface area contributed by atoms with E-state index in [1.54, 1.807) is 44.6 Å². The summed E-state index contributed by atoms with van der Waals surface area (Å²) in [7, 11) is 3.19. The van der Waals surface area contributed by atoms with Crippen molar-refractivity contribution in [1.82, 2.24) is 5.32 Å². The molecule has 0 aromatic heterocycles. The highest BCUT2D eigenvalue weighted by atomic mass is 35.5. The summed E-state index contributed by atoms with van der Waals surface area (Å²) in [6, 6.07) is 12.1. The van der Waals surface area contributed by atoms with Gasteiger partial charge in [-0.2, -0.15) is 0 Å². The van der Waals surface area contributed by atoms with Crippen molar-refractivity contribution >= 4 is 17.5 Å². The number of carbonyl (C=O) groups is 1. The van der Waals surface area contributed by atoms with Crippen molar-refractivity contribution in [3.63, 3.8) is 0 Å². The molecule has 0 aliphatic carbocycles. The summed E-state index contributed by atoms with van der Waals surface area (Å²) in [6.45, 7) is 1.90. The predicted molar refractivity (Wildman–Crippen MR) is 86.9 cm³/mol. The molecule has 0 aliphatic rings. The molecule has 4 nitrogen and oxygen atoms in total. The number of hydrogen-bond donors (Lipinski definition) is 1. The summed E-state index contributed by atoms with van der Waals surface area (Å²) in [5, 5.41) is 3.54. The Kier molecular flexibility index (Phi) is 5.28. The van der Waals surface area contributed by atoms with Crippen LogP contribution in [-0.4, -0.2) is 20.1 Å². The number of carbonyl (C=O) groups excluding carboxylic acids is 1. The maximum atomic E-state index is 12.2. The number of nitrogens with one attached hydrogen (secondary N) is 1. The Hall–Kier alpha value is -2.20. The van der Waals surface area contributed by atoms with Gasteiger partial charge in [0.05, 0.1) is 20.3 Å². The zero-order chi connectivity index (χ0) is 16.1. The quantitative estimate of drug-likeness (QED) is 0.910. The van der Waals surface area contributed by atoms with Gasteiger partial charge in [0.15, 0.2) is 0 Å². The molecule has 0 aliphatic heterocycles. The van der Waals surface area contributed by atoms with Gasteiger partial charge in [0.25, 0.3) is 5.91 Å². The number of ether oxygens (including phenoxy) is 2. The summed E-state index contributed by atoms with van der Waals surface area (Å²) in [4.78, 5) is 12.2. The number of halogens is 1. The first-order chi connectivity index (χ1) is 10.5. The van der Waals surface area contributed by atoms with Crippen LogP contribution in [0.4, 0.5) is 0 Å². The van der Waals surface area contributed by atoms with Crippen molar-refractivity contribution in [3.8, 4) is 11.5 Å². The smallest absolute Gasteiger partial charge is 0.251 e. The molecule has 116 valence electrons. The molecule has 2 aromatic rings. The zero-order valence-corrected chi connectivity index (χ0v) is 13.5. The van der Waals surface area contributed by atoms with Crippen LogP contribution in [0.2, 0.25) is 5.02 Å². The molecule has 1 amide bonds.